The van der Waals surface area contributed by atoms with Crippen LogP contribution >= 0.6 is 8.53 Å². The molecule has 302 valence electrons. The van der Waals surface area contributed by atoms with E-state index in [4.69, 9.17) is 32.7 Å². The number of carbonyl (C=O) groups is 1. The lowest BCUT2D eigenvalue weighted by Gasteiger charge is -2.41. The fraction of sp³-hybridized carbons (Fsp3) is 0.429. The Kier molecular flexibility index (Phi) is 13.4. The molecule has 1 unspecified atom stereocenters. The summed E-state index contributed by atoms with van der Waals surface area (Å²) < 4.78 is 48.8. The maximum Gasteiger partial charge on any atom is 0.351 e. The molecule has 2 aliphatic rings. The van der Waals surface area contributed by atoms with Crippen molar-refractivity contribution < 1.29 is 37.5 Å². The Labute approximate surface area is 334 Å². The fourth-order valence-corrected chi connectivity index (χ4v) is 9.24. The van der Waals surface area contributed by atoms with Crippen LogP contribution in [0.25, 0.3) is 0 Å². The van der Waals surface area contributed by atoms with E-state index in [1.165, 1.54) is 23.8 Å². The highest BCUT2D eigenvalue weighted by Crippen LogP contribution is 2.56. The van der Waals surface area contributed by atoms with Gasteiger partial charge in [0, 0.05) is 25.2 Å². The molecule has 5 atom stereocenters. The zero-order chi connectivity index (χ0) is 40.7. The average molecular weight is 800 g/mol. The lowest BCUT2D eigenvalue weighted by atomic mass is 9.79. The summed E-state index contributed by atoms with van der Waals surface area (Å²) in [7, 11) is 1.47. The van der Waals surface area contributed by atoms with Crippen LogP contribution in [0.3, 0.4) is 0 Å². The highest BCUT2D eigenvalue weighted by atomic mass is 31.2. The molecule has 6 rings (SSSR count). The summed E-state index contributed by atoms with van der Waals surface area (Å²) in [6, 6.07) is 29.1. The molecule has 1 amide bonds. The summed E-state index contributed by atoms with van der Waals surface area (Å²) in [5, 5.41) is 11.9. The van der Waals surface area contributed by atoms with Gasteiger partial charge in [-0.3, -0.25) is 9.36 Å². The molecule has 0 aliphatic carbocycles. The number of benzene rings is 3. The molecule has 2 aliphatic heterocycles. The lowest BCUT2D eigenvalue weighted by Crippen LogP contribution is -2.49. The first-order valence-electron chi connectivity index (χ1n) is 18.9. The smallest absolute Gasteiger partial charge is 0.351 e. The van der Waals surface area contributed by atoms with E-state index >= 15 is 0 Å². The number of fused-ring (bicyclic) bond motifs is 2. The third-order valence-corrected chi connectivity index (χ3v) is 12.1. The van der Waals surface area contributed by atoms with E-state index in [0.717, 1.165) is 16.7 Å². The van der Waals surface area contributed by atoms with Gasteiger partial charge in [-0.1, -0.05) is 54.6 Å². The molecular weight excluding hydrogens is 749 g/mol. The Hall–Kier alpha value is -4.71. The van der Waals surface area contributed by atoms with Gasteiger partial charge in [0.25, 0.3) is 8.53 Å². The molecule has 2 bridgehead atoms. The summed E-state index contributed by atoms with van der Waals surface area (Å²) in [5.74, 6) is 1.13. The number of carbonyl (C=O) groups excluding carboxylic acids is 1. The van der Waals surface area contributed by atoms with Crippen LogP contribution in [0.15, 0.2) is 95.9 Å². The largest absolute Gasteiger partial charge is 0.497 e. The maximum absolute atomic E-state index is 13.6. The minimum atomic E-state index is -1.77. The van der Waals surface area contributed by atoms with Crippen molar-refractivity contribution in [3.63, 3.8) is 0 Å². The van der Waals surface area contributed by atoms with E-state index in [1.54, 1.807) is 14.2 Å². The van der Waals surface area contributed by atoms with Gasteiger partial charge in [-0.2, -0.15) is 10.2 Å². The Bertz CT molecular complexity index is 2000. The normalized spacial score (nSPS) is 20.8. The minimum absolute atomic E-state index is 0.0195. The van der Waals surface area contributed by atoms with E-state index in [9.17, 15) is 14.9 Å². The van der Waals surface area contributed by atoms with Crippen LogP contribution in [-0.2, 0) is 33.7 Å². The number of anilines is 1. The average Bonchev–Trinajstić information content (AvgIpc) is 3.69. The molecule has 1 aromatic heterocycles. The van der Waals surface area contributed by atoms with E-state index in [1.807, 2.05) is 78.9 Å². The Morgan fingerprint density at radius 1 is 0.982 bits per heavy atom. The third-order valence-electron chi connectivity index (χ3n) is 9.95. The second-order valence-corrected chi connectivity index (χ2v) is 15.8. The van der Waals surface area contributed by atoms with Gasteiger partial charge < -0.3 is 38.0 Å². The number of methoxy groups -OCH3 is 2. The van der Waals surface area contributed by atoms with Gasteiger partial charge in [0.15, 0.2) is 6.23 Å². The molecule has 2 fully saturated rings. The van der Waals surface area contributed by atoms with E-state index in [0.29, 0.717) is 11.5 Å². The zero-order valence-corrected chi connectivity index (χ0v) is 34.2. The first kappa shape index (κ1) is 41.9. The van der Waals surface area contributed by atoms with Crippen LogP contribution in [0.4, 0.5) is 5.82 Å². The molecule has 15 heteroatoms. The van der Waals surface area contributed by atoms with Crippen LogP contribution in [0, 0.1) is 11.3 Å². The topological polar surface area (TPSA) is 156 Å². The van der Waals surface area contributed by atoms with Crippen molar-refractivity contribution in [2.75, 3.05) is 39.4 Å². The van der Waals surface area contributed by atoms with E-state index in [-0.39, 0.29) is 50.1 Å². The SMILES string of the molecule is COc1ccc(C(OC[C@@]23CO[C@H]([C@H](n4ccc(NC(C)=O)nc4=O)O2)[C@H]3OP(OCCC#N)N(C(C)C)C(C)C)(c2ccccc2)c2ccc(OC)cc2)cc1. The summed E-state index contributed by atoms with van der Waals surface area (Å²) in [6.45, 7) is 9.75. The molecule has 57 heavy (non-hydrogen) atoms. The van der Waals surface area contributed by atoms with Gasteiger partial charge >= 0.3 is 5.69 Å². The number of rotatable bonds is 18. The van der Waals surface area contributed by atoms with Crippen LogP contribution in [0.2, 0.25) is 0 Å². The Morgan fingerprint density at radius 2 is 1.58 bits per heavy atom. The van der Waals surface area contributed by atoms with Gasteiger partial charge in [0.2, 0.25) is 5.91 Å². The minimum Gasteiger partial charge on any atom is -0.497 e. The molecule has 4 aromatic rings. The summed E-state index contributed by atoms with van der Waals surface area (Å²) >= 11 is 0. The first-order chi connectivity index (χ1) is 27.5. The van der Waals surface area contributed by atoms with Gasteiger partial charge in [-0.25, -0.2) is 9.46 Å². The van der Waals surface area contributed by atoms with Crippen molar-refractivity contribution in [3.8, 4) is 17.6 Å². The van der Waals surface area contributed by atoms with Gasteiger partial charge in [-0.15, -0.1) is 0 Å². The van der Waals surface area contributed by atoms with Gasteiger partial charge in [0.05, 0.1) is 46.5 Å². The number of hydrogen-bond donors (Lipinski definition) is 1. The quantitative estimate of drug-likeness (QED) is 0.0659. The van der Waals surface area contributed by atoms with Crippen LogP contribution in [0.5, 0.6) is 11.5 Å². The molecule has 3 aromatic carbocycles. The van der Waals surface area contributed by atoms with Crippen molar-refractivity contribution in [3.05, 3.63) is 118 Å². The molecule has 2 saturated heterocycles. The zero-order valence-electron chi connectivity index (χ0n) is 33.3. The number of amides is 1. The fourth-order valence-electron chi connectivity index (χ4n) is 7.43. The van der Waals surface area contributed by atoms with Crippen molar-refractivity contribution in [2.45, 2.75) is 82.8 Å². The predicted octanol–water partition coefficient (Wildman–Crippen LogP) is 6.56. The highest BCUT2D eigenvalue weighted by Gasteiger charge is 2.65. The number of aromatic nitrogens is 2. The van der Waals surface area contributed by atoms with Crippen LogP contribution in [-0.4, -0.2) is 84.1 Å². The predicted molar refractivity (Wildman–Crippen MR) is 214 cm³/mol. The molecule has 0 saturated carbocycles. The first-order valence-corrected chi connectivity index (χ1v) is 20.0. The molecule has 1 N–H and O–H groups in total. The number of nitriles is 1. The number of ether oxygens (including phenoxy) is 5. The molecule has 14 nitrogen and oxygen atoms in total. The van der Waals surface area contributed by atoms with Crippen LogP contribution in [0.1, 0.15) is 64.0 Å². The highest BCUT2D eigenvalue weighted by molar-refractivity contribution is 7.44. The second kappa shape index (κ2) is 18.3. The van der Waals surface area contributed by atoms with Crippen molar-refractivity contribution >= 4 is 20.3 Å². The number of hydrogen-bond acceptors (Lipinski definition) is 12. The van der Waals surface area contributed by atoms with E-state index < -0.39 is 43.9 Å². The summed E-state index contributed by atoms with van der Waals surface area (Å²) in [5.41, 5.74) is -0.636. The number of nitrogens with one attached hydrogen (secondary N) is 1. The monoisotopic (exact) mass is 799 g/mol. The standard InChI is InChI=1S/C42H50N5O9P/c1-28(2)47(29(3)4)57(54-25-11-23-43)56-38-37-39(46-24-22-36(44-30(5)48)45-40(46)49)55-41(38,26-52-37)27-53-42(31-12-9-8-10-13-31,32-14-18-34(50-6)19-15-32)33-16-20-35(51-7)21-17-33/h8-10,12-22,24,28-29,37-39H,11,25-27H2,1-7H3,(H,44,45,48,49)/t37-,38+,39+,41+,57?/m0/s1. The molecule has 0 radical (unpaired) electrons. The third kappa shape index (κ3) is 8.76. The van der Waals surface area contributed by atoms with Crippen molar-refractivity contribution in [1.29, 1.82) is 5.26 Å². The van der Waals surface area contributed by atoms with Crippen molar-refractivity contribution in [2.24, 2.45) is 0 Å². The summed E-state index contributed by atoms with van der Waals surface area (Å²) in [6.07, 6.45) is -0.884. The van der Waals surface area contributed by atoms with Gasteiger partial charge in [0.1, 0.15) is 40.7 Å². The Morgan fingerprint density at radius 3 is 2.11 bits per heavy atom. The molecular formula is C42H50N5O9P. The molecule has 3 heterocycles. The summed E-state index contributed by atoms with van der Waals surface area (Å²) in [4.78, 5) is 29.4. The maximum atomic E-state index is 13.6. The van der Waals surface area contributed by atoms with Gasteiger partial charge in [-0.05, 0) is 74.7 Å². The van der Waals surface area contributed by atoms with E-state index in [2.05, 4.69) is 48.7 Å². The van der Waals surface area contributed by atoms with Crippen LogP contribution < -0.4 is 20.5 Å². The second-order valence-electron chi connectivity index (χ2n) is 14.4. The van der Waals surface area contributed by atoms with Crippen molar-refractivity contribution in [1.82, 2.24) is 14.2 Å². The number of nitrogens with zero attached hydrogens (tertiary/aromatic N) is 4. The lowest BCUT2D eigenvalue weighted by molar-refractivity contribution is -0.203. The molecule has 0 spiro atoms. The Balaban J connectivity index is 1.48.